The highest BCUT2D eigenvalue weighted by molar-refractivity contribution is 5.82. The van der Waals surface area contributed by atoms with E-state index in [0.29, 0.717) is 38.3 Å². The lowest BCUT2D eigenvalue weighted by Gasteiger charge is -2.38. The number of hydrogen-bond acceptors (Lipinski definition) is 6. The molecule has 0 saturated carbocycles. The van der Waals surface area contributed by atoms with Crippen molar-refractivity contribution in [2.24, 2.45) is 0 Å². The number of benzene rings is 1. The number of nitrogens with one attached hydrogen (secondary N) is 1. The molecule has 1 aromatic carbocycles. The SMILES string of the molecule is O=C(NCC1(c2ccc3c(c2)OCO3)CCOCC1)[C@@H]1CC[C@H](C(=O)O)O1. The van der Waals surface area contributed by atoms with Gasteiger partial charge >= 0.3 is 5.97 Å². The molecule has 2 fully saturated rings. The third-order valence-electron chi connectivity index (χ3n) is 5.62. The molecule has 0 aromatic heterocycles. The molecule has 2 N–H and O–H groups in total. The van der Waals surface area contributed by atoms with Gasteiger partial charge in [0.2, 0.25) is 12.7 Å². The number of rotatable bonds is 5. The third kappa shape index (κ3) is 3.59. The number of aliphatic carboxylic acids is 1. The highest BCUT2D eigenvalue weighted by atomic mass is 16.7. The van der Waals surface area contributed by atoms with Crippen molar-refractivity contribution >= 4 is 11.9 Å². The Morgan fingerprint density at radius 1 is 1.11 bits per heavy atom. The zero-order valence-electron chi connectivity index (χ0n) is 14.9. The van der Waals surface area contributed by atoms with Crippen molar-refractivity contribution in [3.63, 3.8) is 0 Å². The summed E-state index contributed by atoms with van der Waals surface area (Å²) in [5.74, 6) is 0.161. The van der Waals surface area contributed by atoms with Crippen LogP contribution in [0.15, 0.2) is 18.2 Å². The van der Waals surface area contributed by atoms with Crippen LogP contribution in [0.3, 0.4) is 0 Å². The molecule has 3 aliphatic heterocycles. The first-order valence-electron chi connectivity index (χ1n) is 9.21. The molecule has 0 radical (unpaired) electrons. The van der Waals surface area contributed by atoms with E-state index >= 15 is 0 Å². The first kappa shape index (κ1) is 18.1. The number of fused-ring (bicyclic) bond motifs is 1. The Labute approximate surface area is 156 Å². The van der Waals surface area contributed by atoms with Crippen molar-refractivity contribution in [1.29, 1.82) is 0 Å². The lowest BCUT2D eigenvalue weighted by molar-refractivity contribution is -0.151. The predicted octanol–water partition coefficient (Wildman–Crippen LogP) is 1.21. The number of carboxylic acid groups (broad SMARTS) is 1. The number of amides is 1. The number of carbonyl (C=O) groups is 2. The van der Waals surface area contributed by atoms with Gasteiger partial charge in [-0.05, 0) is 43.4 Å². The summed E-state index contributed by atoms with van der Waals surface area (Å²) in [4.78, 5) is 23.5. The predicted molar refractivity (Wildman–Crippen MR) is 92.8 cm³/mol. The average Bonchev–Trinajstić information content (AvgIpc) is 3.35. The summed E-state index contributed by atoms with van der Waals surface area (Å²) in [7, 11) is 0. The van der Waals surface area contributed by atoms with Crippen LogP contribution in [-0.4, -0.2) is 55.7 Å². The molecular formula is C19H23NO7. The molecule has 8 nitrogen and oxygen atoms in total. The summed E-state index contributed by atoms with van der Waals surface area (Å²) in [6.07, 6.45) is 0.718. The number of carbonyl (C=O) groups excluding carboxylic acids is 1. The fourth-order valence-corrected chi connectivity index (χ4v) is 3.94. The van der Waals surface area contributed by atoms with Crippen LogP contribution in [0.2, 0.25) is 0 Å². The van der Waals surface area contributed by atoms with Crippen LogP contribution >= 0.6 is 0 Å². The minimum Gasteiger partial charge on any atom is -0.479 e. The van der Waals surface area contributed by atoms with E-state index in [1.165, 1.54) is 0 Å². The van der Waals surface area contributed by atoms with Gasteiger partial charge in [-0.25, -0.2) is 4.79 Å². The highest BCUT2D eigenvalue weighted by Gasteiger charge is 2.39. The maximum Gasteiger partial charge on any atom is 0.332 e. The second-order valence-corrected chi connectivity index (χ2v) is 7.21. The smallest absolute Gasteiger partial charge is 0.332 e. The van der Waals surface area contributed by atoms with E-state index < -0.39 is 18.2 Å². The molecule has 146 valence electrons. The van der Waals surface area contributed by atoms with Crippen molar-refractivity contribution in [2.75, 3.05) is 26.6 Å². The van der Waals surface area contributed by atoms with Crippen LogP contribution in [-0.2, 0) is 24.5 Å². The minimum absolute atomic E-state index is 0.218. The average molecular weight is 377 g/mol. The Kier molecular flexibility index (Phi) is 4.92. The molecule has 4 rings (SSSR count). The first-order valence-corrected chi connectivity index (χ1v) is 9.21. The second kappa shape index (κ2) is 7.36. The highest BCUT2D eigenvalue weighted by Crippen LogP contribution is 2.40. The summed E-state index contributed by atoms with van der Waals surface area (Å²) >= 11 is 0. The Morgan fingerprint density at radius 2 is 1.85 bits per heavy atom. The minimum atomic E-state index is -1.02. The molecule has 2 atom stereocenters. The van der Waals surface area contributed by atoms with Gasteiger partial charge in [-0.3, -0.25) is 4.79 Å². The van der Waals surface area contributed by atoms with Gasteiger partial charge in [-0.1, -0.05) is 6.07 Å². The molecule has 0 spiro atoms. The van der Waals surface area contributed by atoms with Crippen LogP contribution < -0.4 is 14.8 Å². The number of carboxylic acids is 1. The maximum atomic E-state index is 12.5. The summed E-state index contributed by atoms with van der Waals surface area (Å²) in [6.45, 7) is 1.89. The fourth-order valence-electron chi connectivity index (χ4n) is 3.94. The molecule has 1 aromatic rings. The van der Waals surface area contributed by atoms with Crippen LogP contribution in [0.4, 0.5) is 0 Å². The normalized spacial score (nSPS) is 25.9. The molecule has 3 aliphatic rings. The van der Waals surface area contributed by atoms with Crippen LogP contribution in [0.5, 0.6) is 11.5 Å². The lowest BCUT2D eigenvalue weighted by atomic mass is 9.74. The first-order chi connectivity index (χ1) is 13.1. The molecule has 0 unspecified atom stereocenters. The van der Waals surface area contributed by atoms with Gasteiger partial charge in [0, 0.05) is 25.2 Å². The monoisotopic (exact) mass is 377 g/mol. The molecular weight excluding hydrogens is 354 g/mol. The van der Waals surface area contributed by atoms with E-state index in [0.717, 1.165) is 24.2 Å². The van der Waals surface area contributed by atoms with Crippen molar-refractivity contribution < 1.29 is 33.6 Å². The van der Waals surface area contributed by atoms with E-state index in [2.05, 4.69) is 5.32 Å². The Balaban J connectivity index is 1.46. The third-order valence-corrected chi connectivity index (χ3v) is 5.62. The van der Waals surface area contributed by atoms with E-state index in [9.17, 15) is 9.59 Å². The topological polar surface area (TPSA) is 103 Å². The zero-order chi connectivity index (χ0) is 18.9. The van der Waals surface area contributed by atoms with Gasteiger partial charge in [-0.2, -0.15) is 0 Å². The summed E-state index contributed by atoms with van der Waals surface area (Å²) in [5.41, 5.74) is 0.811. The van der Waals surface area contributed by atoms with E-state index in [-0.39, 0.29) is 18.1 Å². The largest absolute Gasteiger partial charge is 0.479 e. The Morgan fingerprint density at radius 3 is 2.59 bits per heavy atom. The molecule has 2 saturated heterocycles. The number of hydrogen-bond donors (Lipinski definition) is 2. The van der Waals surface area contributed by atoms with Gasteiger partial charge in [0.05, 0.1) is 0 Å². The molecule has 0 aliphatic carbocycles. The molecule has 27 heavy (non-hydrogen) atoms. The van der Waals surface area contributed by atoms with Crippen LogP contribution in [0.25, 0.3) is 0 Å². The summed E-state index contributed by atoms with van der Waals surface area (Å²) in [6, 6.07) is 5.89. The Bertz CT molecular complexity index is 729. The lowest BCUT2D eigenvalue weighted by Crippen LogP contribution is -2.47. The molecule has 8 heteroatoms. The van der Waals surface area contributed by atoms with Gasteiger partial charge in [0.1, 0.15) is 6.10 Å². The zero-order valence-corrected chi connectivity index (χ0v) is 14.9. The van der Waals surface area contributed by atoms with E-state index in [4.69, 9.17) is 24.1 Å². The summed E-state index contributed by atoms with van der Waals surface area (Å²) < 4.78 is 21.8. The van der Waals surface area contributed by atoms with Crippen molar-refractivity contribution in [3.8, 4) is 11.5 Å². The van der Waals surface area contributed by atoms with Gasteiger partial charge < -0.3 is 29.4 Å². The van der Waals surface area contributed by atoms with E-state index in [1.807, 2.05) is 18.2 Å². The second-order valence-electron chi connectivity index (χ2n) is 7.21. The van der Waals surface area contributed by atoms with Crippen molar-refractivity contribution in [2.45, 2.75) is 43.3 Å². The van der Waals surface area contributed by atoms with Crippen molar-refractivity contribution in [3.05, 3.63) is 23.8 Å². The molecule has 1 amide bonds. The molecule has 3 heterocycles. The van der Waals surface area contributed by atoms with Gasteiger partial charge in [-0.15, -0.1) is 0 Å². The van der Waals surface area contributed by atoms with Gasteiger partial charge in [0.15, 0.2) is 17.6 Å². The van der Waals surface area contributed by atoms with Crippen LogP contribution in [0, 0.1) is 0 Å². The Hall–Kier alpha value is -2.32. The summed E-state index contributed by atoms with van der Waals surface area (Å²) in [5, 5.41) is 12.0. The molecule has 0 bridgehead atoms. The van der Waals surface area contributed by atoms with E-state index in [1.54, 1.807) is 0 Å². The standard InChI is InChI=1S/C19H23NO7/c21-17(14-3-4-15(27-14)18(22)23)20-10-19(5-7-24-8-6-19)12-1-2-13-16(9-12)26-11-25-13/h1-2,9,14-15H,3-8,10-11H2,(H,20,21)(H,22,23)/t14-,15+/m0/s1. The maximum absolute atomic E-state index is 12.5. The fraction of sp³-hybridized carbons (Fsp3) is 0.579. The van der Waals surface area contributed by atoms with Crippen molar-refractivity contribution in [1.82, 2.24) is 5.32 Å². The number of ether oxygens (including phenoxy) is 4. The van der Waals surface area contributed by atoms with Crippen LogP contribution in [0.1, 0.15) is 31.2 Å². The quantitative estimate of drug-likeness (QED) is 0.795. The van der Waals surface area contributed by atoms with Gasteiger partial charge in [0.25, 0.3) is 0 Å².